The number of nitrogens with zero attached hydrogens (tertiary/aromatic N) is 1. The van der Waals surface area contributed by atoms with Crippen molar-refractivity contribution in [2.24, 2.45) is 0 Å². The second-order valence-electron chi connectivity index (χ2n) is 3.39. The Morgan fingerprint density at radius 2 is 2.07 bits per heavy atom. The van der Waals surface area contributed by atoms with Crippen LogP contribution in [0.3, 0.4) is 0 Å². The van der Waals surface area contributed by atoms with Crippen molar-refractivity contribution in [1.29, 1.82) is 0 Å². The van der Waals surface area contributed by atoms with Crippen molar-refractivity contribution in [2.75, 3.05) is 5.75 Å². The zero-order chi connectivity index (χ0) is 9.80. The fraction of sp³-hybridized carbons (Fsp3) is 0.333. The van der Waals surface area contributed by atoms with E-state index in [1.54, 1.807) is 0 Å². The van der Waals surface area contributed by atoms with Crippen LogP contribution in [0.15, 0.2) is 36.5 Å². The number of hydrogen-bond donors (Lipinski definition) is 0. The summed E-state index contributed by atoms with van der Waals surface area (Å²) in [5.41, 5.74) is 1.33. The summed E-state index contributed by atoms with van der Waals surface area (Å²) in [6, 6.07) is 10.7. The maximum absolute atomic E-state index is 2.27. The predicted molar refractivity (Wildman–Crippen MR) is 64.7 cm³/mol. The van der Waals surface area contributed by atoms with Crippen molar-refractivity contribution in [1.82, 2.24) is 3.97 Å². The van der Waals surface area contributed by atoms with Crippen molar-refractivity contribution < 1.29 is 0 Å². The third kappa shape index (κ3) is 1.95. The van der Waals surface area contributed by atoms with Crippen LogP contribution < -0.4 is 0 Å². The molecule has 1 aromatic carbocycles. The molecule has 0 radical (unpaired) electrons. The van der Waals surface area contributed by atoms with Gasteiger partial charge in [-0.25, -0.2) is 0 Å². The zero-order valence-corrected chi connectivity index (χ0v) is 9.26. The molecule has 0 amide bonds. The van der Waals surface area contributed by atoms with E-state index in [-0.39, 0.29) is 0 Å². The molecule has 14 heavy (non-hydrogen) atoms. The van der Waals surface area contributed by atoms with E-state index in [0.29, 0.717) is 0 Å². The van der Waals surface area contributed by atoms with Crippen LogP contribution >= 0.6 is 11.9 Å². The Morgan fingerprint density at radius 3 is 2.93 bits per heavy atom. The summed E-state index contributed by atoms with van der Waals surface area (Å²) in [7, 11) is 0. The number of unbranched alkanes of at least 4 members (excludes halogenated alkanes) is 1. The Labute approximate surface area is 89.3 Å². The van der Waals surface area contributed by atoms with Crippen LogP contribution in [-0.2, 0) is 0 Å². The Bertz CT molecular complexity index is 405. The fourth-order valence-corrected chi connectivity index (χ4v) is 2.54. The molecule has 1 aromatic heterocycles. The first-order chi connectivity index (χ1) is 6.92. The highest BCUT2D eigenvalue weighted by Crippen LogP contribution is 2.20. The Kier molecular flexibility index (Phi) is 3.14. The molecular weight excluding hydrogens is 190 g/mol. The van der Waals surface area contributed by atoms with Gasteiger partial charge in [-0.05, 0) is 30.5 Å². The zero-order valence-electron chi connectivity index (χ0n) is 8.44. The summed E-state index contributed by atoms with van der Waals surface area (Å²) in [6.07, 6.45) is 4.72. The van der Waals surface area contributed by atoms with Crippen LogP contribution in [0.5, 0.6) is 0 Å². The average Bonchev–Trinajstić information content (AvgIpc) is 2.63. The van der Waals surface area contributed by atoms with Gasteiger partial charge in [0.2, 0.25) is 0 Å². The van der Waals surface area contributed by atoms with Gasteiger partial charge in [-0.15, -0.1) is 0 Å². The lowest BCUT2D eigenvalue weighted by Crippen LogP contribution is -1.86. The van der Waals surface area contributed by atoms with Gasteiger partial charge in [-0.1, -0.05) is 31.5 Å². The molecule has 0 N–H and O–H groups in total. The highest BCUT2D eigenvalue weighted by Gasteiger charge is 1.98. The third-order valence-corrected chi connectivity index (χ3v) is 3.36. The fourth-order valence-electron chi connectivity index (χ4n) is 1.48. The highest BCUT2D eigenvalue weighted by atomic mass is 32.2. The van der Waals surface area contributed by atoms with E-state index in [4.69, 9.17) is 0 Å². The summed E-state index contributed by atoms with van der Waals surface area (Å²) < 4.78 is 2.27. The number of rotatable bonds is 4. The Balaban J connectivity index is 2.17. The Morgan fingerprint density at radius 1 is 1.21 bits per heavy atom. The average molecular weight is 205 g/mol. The number of hydrogen-bond acceptors (Lipinski definition) is 1. The molecule has 2 heteroatoms. The van der Waals surface area contributed by atoms with Crippen molar-refractivity contribution in [3.63, 3.8) is 0 Å². The van der Waals surface area contributed by atoms with Gasteiger partial charge in [0.15, 0.2) is 0 Å². The van der Waals surface area contributed by atoms with E-state index in [9.17, 15) is 0 Å². The minimum atomic E-state index is 1.20. The largest absolute Gasteiger partial charge is 0.291 e. The molecule has 0 atom stereocenters. The van der Waals surface area contributed by atoms with Crippen LogP contribution in [-0.4, -0.2) is 9.73 Å². The normalized spacial score (nSPS) is 10.9. The van der Waals surface area contributed by atoms with Gasteiger partial charge in [0, 0.05) is 17.3 Å². The van der Waals surface area contributed by atoms with E-state index in [0.717, 1.165) is 0 Å². The SMILES string of the molecule is CCCCSn1ccc2ccccc21. The lowest BCUT2D eigenvalue weighted by atomic mass is 10.3. The molecular formula is C12H15NS. The first-order valence-corrected chi connectivity index (χ1v) is 6.05. The van der Waals surface area contributed by atoms with Gasteiger partial charge in [0.25, 0.3) is 0 Å². The van der Waals surface area contributed by atoms with E-state index in [2.05, 4.69) is 47.4 Å². The minimum absolute atomic E-state index is 1.20. The number of para-hydroxylation sites is 1. The number of aromatic nitrogens is 1. The second kappa shape index (κ2) is 4.56. The van der Waals surface area contributed by atoms with Crippen LogP contribution in [0.2, 0.25) is 0 Å². The lowest BCUT2D eigenvalue weighted by Gasteiger charge is -2.02. The second-order valence-corrected chi connectivity index (χ2v) is 4.45. The highest BCUT2D eigenvalue weighted by molar-refractivity contribution is 7.97. The molecule has 0 spiro atoms. The minimum Gasteiger partial charge on any atom is -0.291 e. The molecule has 74 valence electrons. The van der Waals surface area contributed by atoms with Crippen molar-refractivity contribution in [2.45, 2.75) is 19.8 Å². The number of fused-ring (bicyclic) bond motifs is 1. The standard InChI is InChI=1S/C12H15NS/c1-2-3-10-14-13-9-8-11-6-4-5-7-12(11)13/h4-9H,2-3,10H2,1H3. The summed E-state index contributed by atoms with van der Waals surface area (Å²) in [5.74, 6) is 1.20. The van der Waals surface area contributed by atoms with E-state index < -0.39 is 0 Å². The van der Waals surface area contributed by atoms with Gasteiger partial charge >= 0.3 is 0 Å². The number of benzene rings is 1. The molecule has 0 aliphatic rings. The molecule has 0 bridgehead atoms. The van der Waals surface area contributed by atoms with E-state index in [1.807, 2.05) is 11.9 Å². The van der Waals surface area contributed by atoms with Gasteiger partial charge in [-0.3, -0.25) is 3.97 Å². The van der Waals surface area contributed by atoms with Gasteiger partial charge in [0.05, 0.1) is 5.52 Å². The molecule has 2 aromatic rings. The molecule has 0 saturated carbocycles. The molecule has 2 rings (SSSR count). The molecule has 1 heterocycles. The molecule has 0 saturated heterocycles. The van der Waals surface area contributed by atoms with Crippen LogP contribution in [0.1, 0.15) is 19.8 Å². The third-order valence-electron chi connectivity index (χ3n) is 2.29. The van der Waals surface area contributed by atoms with E-state index in [1.165, 1.54) is 29.5 Å². The monoisotopic (exact) mass is 205 g/mol. The maximum Gasteiger partial charge on any atom is 0.0591 e. The van der Waals surface area contributed by atoms with Crippen molar-refractivity contribution in [3.8, 4) is 0 Å². The molecule has 0 aliphatic heterocycles. The molecule has 0 unspecified atom stereocenters. The van der Waals surface area contributed by atoms with Crippen LogP contribution in [0.4, 0.5) is 0 Å². The molecule has 0 aliphatic carbocycles. The predicted octanol–water partition coefficient (Wildman–Crippen LogP) is 3.94. The summed E-state index contributed by atoms with van der Waals surface area (Å²) in [6.45, 7) is 2.23. The first-order valence-electron chi connectivity index (χ1n) is 5.11. The smallest absolute Gasteiger partial charge is 0.0591 e. The van der Waals surface area contributed by atoms with Gasteiger partial charge in [0.1, 0.15) is 0 Å². The molecule has 1 nitrogen and oxygen atoms in total. The van der Waals surface area contributed by atoms with Crippen LogP contribution in [0.25, 0.3) is 10.9 Å². The van der Waals surface area contributed by atoms with Crippen molar-refractivity contribution >= 4 is 22.9 Å². The first kappa shape index (κ1) is 9.66. The summed E-state index contributed by atoms with van der Waals surface area (Å²) in [4.78, 5) is 0. The van der Waals surface area contributed by atoms with Gasteiger partial charge in [-0.2, -0.15) is 0 Å². The van der Waals surface area contributed by atoms with E-state index >= 15 is 0 Å². The quantitative estimate of drug-likeness (QED) is 0.684. The topological polar surface area (TPSA) is 4.93 Å². The molecule has 0 fully saturated rings. The Hall–Kier alpha value is -0.890. The summed E-state index contributed by atoms with van der Waals surface area (Å²) >= 11 is 1.90. The summed E-state index contributed by atoms with van der Waals surface area (Å²) in [5, 5.41) is 1.33. The maximum atomic E-state index is 2.27. The van der Waals surface area contributed by atoms with Crippen molar-refractivity contribution in [3.05, 3.63) is 36.5 Å². The van der Waals surface area contributed by atoms with Crippen LogP contribution in [0, 0.1) is 0 Å². The van der Waals surface area contributed by atoms with Gasteiger partial charge < -0.3 is 0 Å². The lowest BCUT2D eigenvalue weighted by molar-refractivity contribution is 0.894.